The van der Waals surface area contributed by atoms with Gasteiger partial charge in [0.1, 0.15) is 5.82 Å². The fourth-order valence-corrected chi connectivity index (χ4v) is 4.12. The van der Waals surface area contributed by atoms with Crippen molar-refractivity contribution >= 4 is 15.9 Å². The van der Waals surface area contributed by atoms with E-state index in [0.717, 1.165) is 13.1 Å². The summed E-state index contributed by atoms with van der Waals surface area (Å²) in [5, 5.41) is 3.70. The quantitative estimate of drug-likeness (QED) is 0.899. The van der Waals surface area contributed by atoms with Gasteiger partial charge in [-0.1, -0.05) is 13.0 Å². The molecule has 2 unspecified atom stereocenters. The number of halogens is 2. The van der Waals surface area contributed by atoms with Crippen molar-refractivity contribution < 1.29 is 4.39 Å². The average molecular weight is 341 g/mol. The molecule has 3 rings (SSSR count). The highest BCUT2D eigenvalue weighted by Gasteiger charge is 2.35. The Morgan fingerprint density at radius 3 is 2.60 bits per heavy atom. The normalized spacial score (nSPS) is 29.1. The fraction of sp³-hybridized carbons (Fsp3) is 0.625. The van der Waals surface area contributed by atoms with Crippen molar-refractivity contribution in [2.24, 2.45) is 0 Å². The number of nitrogens with zero attached hydrogens (tertiary/aromatic N) is 1. The topological polar surface area (TPSA) is 15.3 Å². The first-order valence-electron chi connectivity index (χ1n) is 7.59. The van der Waals surface area contributed by atoms with Gasteiger partial charge in [-0.25, -0.2) is 4.39 Å². The molecule has 1 aromatic rings. The first-order chi connectivity index (χ1) is 9.65. The molecule has 0 aromatic heterocycles. The van der Waals surface area contributed by atoms with Crippen LogP contribution in [0.4, 0.5) is 4.39 Å². The largest absolute Gasteiger partial charge is 0.311 e. The van der Waals surface area contributed by atoms with E-state index >= 15 is 0 Å². The van der Waals surface area contributed by atoms with E-state index in [1.807, 2.05) is 12.1 Å². The Hall–Kier alpha value is -0.450. The van der Waals surface area contributed by atoms with E-state index in [4.69, 9.17) is 0 Å². The monoisotopic (exact) mass is 340 g/mol. The zero-order valence-corrected chi connectivity index (χ0v) is 13.5. The minimum Gasteiger partial charge on any atom is -0.311 e. The molecule has 0 amide bonds. The Kier molecular flexibility index (Phi) is 4.43. The van der Waals surface area contributed by atoms with Crippen LogP contribution in [0.3, 0.4) is 0 Å². The van der Waals surface area contributed by atoms with Crippen molar-refractivity contribution in [3.8, 4) is 0 Å². The molecule has 2 fully saturated rings. The first-order valence-corrected chi connectivity index (χ1v) is 8.39. The molecule has 2 heterocycles. The van der Waals surface area contributed by atoms with Crippen molar-refractivity contribution in [2.75, 3.05) is 6.54 Å². The van der Waals surface area contributed by atoms with Gasteiger partial charge in [-0.2, -0.15) is 0 Å². The van der Waals surface area contributed by atoms with Crippen LogP contribution in [0.2, 0.25) is 0 Å². The Labute approximate surface area is 128 Å². The maximum atomic E-state index is 13.3. The van der Waals surface area contributed by atoms with E-state index in [1.54, 1.807) is 6.07 Å². The number of benzene rings is 1. The third-order valence-electron chi connectivity index (χ3n) is 4.74. The molecule has 4 heteroatoms. The molecule has 0 radical (unpaired) electrons. The minimum absolute atomic E-state index is 0.184. The molecular weight excluding hydrogens is 319 g/mol. The number of rotatable bonds is 4. The average Bonchev–Trinajstić information content (AvgIpc) is 2.78. The van der Waals surface area contributed by atoms with Gasteiger partial charge < -0.3 is 5.32 Å². The summed E-state index contributed by atoms with van der Waals surface area (Å²) in [5.41, 5.74) is 1.19. The van der Waals surface area contributed by atoms with Crippen LogP contribution < -0.4 is 5.32 Å². The lowest BCUT2D eigenvalue weighted by Gasteiger charge is -2.37. The first kappa shape index (κ1) is 14.5. The molecule has 0 aliphatic carbocycles. The van der Waals surface area contributed by atoms with Crippen LogP contribution in [-0.4, -0.2) is 29.6 Å². The molecule has 0 saturated carbocycles. The highest BCUT2D eigenvalue weighted by Crippen LogP contribution is 2.30. The van der Waals surface area contributed by atoms with Crippen LogP contribution in [0.1, 0.15) is 38.2 Å². The number of piperidine rings is 1. The third kappa shape index (κ3) is 3.07. The van der Waals surface area contributed by atoms with Gasteiger partial charge in [-0.3, -0.25) is 4.90 Å². The van der Waals surface area contributed by atoms with E-state index in [2.05, 4.69) is 33.1 Å². The predicted molar refractivity (Wildman–Crippen MR) is 83.2 cm³/mol. The number of hydrogen-bond acceptors (Lipinski definition) is 2. The lowest BCUT2D eigenvalue weighted by atomic mass is 9.97. The highest BCUT2D eigenvalue weighted by atomic mass is 79.9. The van der Waals surface area contributed by atoms with E-state index in [1.165, 1.54) is 31.2 Å². The minimum atomic E-state index is -0.184. The number of nitrogens with one attached hydrogen (secondary N) is 1. The van der Waals surface area contributed by atoms with Crippen LogP contribution in [0.5, 0.6) is 0 Å². The second-order valence-corrected chi connectivity index (χ2v) is 6.93. The molecule has 1 N–H and O–H groups in total. The van der Waals surface area contributed by atoms with Crippen LogP contribution in [0.15, 0.2) is 22.7 Å². The number of fused-ring (bicyclic) bond motifs is 2. The molecule has 110 valence electrons. The van der Waals surface area contributed by atoms with Gasteiger partial charge >= 0.3 is 0 Å². The molecule has 1 aromatic carbocycles. The molecule has 0 spiro atoms. The van der Waals surface area contributed by atoms with Crippen LogP contribution >= 0.6 is 15.9 Å². The predicted octanol–water partition coefficient (Wildman–Crippen LogP) is 3.69. The summed E-state index contributed by atoms with van der Waals surface area (Å²) in [7, 11) is 0. The summed E-state index contributed by atoms with van der Waals surface area (Å²) in [4.78, 5) is 2.55. The number of hydrogen-bond donors (Lipinski definition) is 1. The van der Waals surface area contributed by atoms with Gasteiger partial charge in [-0.05, 0) is 65.9 Å². The van der Waals surface area contributed by atoms with Gasteiger partial charge in [0.2, 0.25) is 0 Å². The lowest BCUT2D eigenvalue weighted by molar-refractivity contribution is 0.140. The molecular formula is C16H22BrFN2. The summed E-state index contributed by atoms with van der Waals surface area (Å²) in [6.45, 7) is 4.20. The summed E-state index contributed by atoms with van der Waals surface area (Å²) in [5.74, 6) is -0.184. The molecule has 20 heavy (non-hydrogen) atoms. The van der Waals surface area contributed by atoms with Crippen molar-refractivity contribution in [1.29, 1.82) is 0 Å². The standard InChI is InChI=1S/C16H22BrFN2/c1-2-20(10-11-3-6-16(18)15(17)7-11)14-8-12-4-5-13(9-14)19-12/h3,6-7,12-14,19H,2,4-5,8-10H2,1H3. The van der Waals surface area contributed by atoms with Gasteiger partial charge in [-0.15, -0.1) is 0 Å². The summed E-state index contributed by atoms with van der Waals surface area (Å²) in [6, 6.07) is 7.47. The maximum absolute atomic E-state index is 13.3. The summed E-state index contributed by atoms with van der Waals surface area (Å²) in [6.07, 6.45) is 5.18. The molecule has 2 aliphatic heterocycles. The van der Waals surface area contributed by atoms with Crippen LogP contribution in [-0.2, 0) is 6.54 Å². The zero-order valence-electron chi connectivity index (χ0n) is 11.9. The Morgan fingerprint density at radius 1 is 1.30 bits per heavy atom. The Bertz CT molecular complexity index is 468. The summed E-state index contributed by atoms with van der Waals surface area (Å²) >= 11 is 3.28. The maximum Gasteiger partial charge on any atom is 0.137 e. The Balaban J connectivity index is 1.68. The SMILES string of the molecule is CCN(Cc1ccc(F)c(Br)c1)C1CC2CCC(C1)N2. The van der Waals surface area contributed by atoms with Gasteiger partial charge in [0.25, 0.3) is 0 Å². The lowest BCUT2D eigenvalue weighted by Crippen LogP contribution is -2.47. The molecule has 2 nitrogen and oxygen atoms in total. The van der Waals surface area contributed by atoms with Gasteiger partial charge in [0.15, 0.2) is 0 Å². The van der Waals surface area contributed by atoms with Gasteiger partial charge in [0, 0.05) is 24.7 Å². The van der Waals surface area contributed by atoms with Crippen LogP contribution in [0.25, 0.3) is 0 Å². The molecule has 2 atom stereocenters. The third-order valence-corrected chi connectivity index (χ3v) is 5.35. The van der Waals surface area contributed by atoms with Crippen LogP contribution in [0, 0.1) is 5.82 Å². The van der Waals surface area contributed by atoms with E-state index in [9.17, 15) is 4.39 Å². The fourth-order valence-electron chi connectivity index (χ4n) is 3.70. The van der Waals surface area contributed by atoms with E-state index < -0.39 is 0 Å². The second-order valence-electron chi connectivity index (χ2n) is 6.07. The van der Waals surface area contributed by atoms with Crippen molar-refractivity contribution in [1.82, 2.24) is 10.2 Å². The zero-order chi connectivity index (χ0) is 14.1. The molecule has 2 saturated heterocycles. The Morgan fingerprint density at radius 2 is 2.00 bits per heavy atom. The summed E-state index contributed by atoms with van der Waals surface area (Å²) < 4.78 is 13.9. The smallest absolute Gasteiger partial charge is 0.137 e. The molecule has 2 bridgehead atoms. The van der Waals surface area contributed by atoms with E-state index in [-0.39, 0.29) is 5.82 Å². The second kappa shape index (κ2) is 6.12. The van der Waals surface area contributed by atoms with Gasteiger partial charge in [0.05, 0.1) is 4.47 Å². The van der Waals surface area contributed by atoms with E-state index in [0.29, 0.717) is 22.6 Å². The van der Waals surface area contributed by atoms with Crippen molar-refractivity contribution in [3.05, 3.63) is 34.1 Å². The van der Waals surface area contributed by atoms with Crippen molar-refractivity contribution in [3.63, 3.8) is 0 Å². The van der Waals surface area contributed by atoms with Crippen molar-refractivity contribution in [2.45, 2.75) is 57.3 Å². The highest BCUT2D eigenvalue weighted by molar-refractivity contribution is 9.10. The molecule has 2 aliphatic rings.